The van der Waals surface area contributed by atoms with Gasteiger partial charge in [-0.25, -0.2) is 14.8 Å². The molecule has 154 valence electrons. The lowest BCUT2D eigenvalue weighted by molar-refractivity contribution is 0.0695. The van der Waals surface area contributed by atoms with Crippen molar-refractivity contribution in [3.8, 4) is 0 Å². The van der Waals surface area contributed by atoms with E-state index in [2.05, 4.69) is 20.3 Å². The van der Waals surface area contributed by atoms with Crippen LogP contribution in [0.3, 0.4) is 0 Å². The average Bonchev–Trinajstić information content (AvgIpc) is 2.99. The van der Waals surface area contributed by atoms with Crippen LogP contribution in [-0.4, -0.2) is 42.3 Å². The minimum atomic E-state index is -0.0733. The first-order chi connectivity index (χ1) is 14.5. The van der Waals surface area contributed by atoms with Crippen molar-refractivity contribution in [2.75, 3.05) is 18.5 Å². The molecule has 4 heterocycles. The Balaban J connectivity index is 1.57. The van der Waals surface area contributed by atoms with Crippen molar-refractivity contribution in [2.45, 2.75) is 32.7 Å². The number of anilines is 2. The predicted octanol–water partition coefficient (Wildman–Crippen LogP) is 2.79. The van der Waals surface area contributed by atoms with Gasteiger partial charge in [0.25, 0.3) is 0 Å². The summed E-state index contributed by atoms with van der Waals surface area (Å²) in [6.07, 6.45) is 5.04. The third kappa shape index (κ3) is 3.11. The van der Waals surface area contributed by atoms with Crippen LogP contribution >= 0.6 is 0 Å². The normalized spacial score (nSPS) is 15.2. The second kappa shape index (κ2) is 7.17. The number of hydrogen-bond acceptors (Lipinski definition) is 7. The Morgan fingerprint density at radius 2 is 1.87 bits per heavy atom. The Kier molecular flexibility index (Phi) is 4.47. The van der Waals surface area contributed by atoms with Gasteiger partial charge in [-0.2, -0.15) is 4.98 Å². The van der Waals surface area contributed by atoms with E-state index < -0.39 is 0 Å². The molecule has 5 rings (SSSR count). The summed E-state index contributed by atoms with van der Waals surface area (Å²) in [5.41, 5.74) is 5.69. The number of aryl methyl sites for hydroxylation is 3. The molecule has 0 spiro atoms. The van der Waals surface area contributed by atoms with Gasteiger partial charge in [0.05, 0.1) is 22.9 Å². The summed E-state index contributed by atoms with van der Waals surface area (Å²) in [5.74, 6) is 0.441. The molecular formula is C21H23N7O2. The molecule has 1 aliphatic heterocycles. The molecule has 9 heteroatoms. The van der Waals surface area contributed by atoms with Crippen LogP contribution < -0.4 is 11.0 Å². The molecule has 4 aromatic rings. The number of nitrogens with zero attached hydrogens (tertiary/aromatic N) is 6. The van der Waals surface area contributed by atoms with Crippen LogP contribution in [0, 0.1) is 13.8 Å². The molecule has 1 fully saturated rings. The molecule has 0 aliphatic carbocycles. The van der Waals surface area contributed by atoms with Gasteiger partial charge in [-0.1, -0.05) is 0 Å². The number of aromatic nitrogens is 6. The van der Waals surface area contributed by atoms with E-state index in [0.29, 0.717) is 30.3 Å². The molecule has 9 nitrogen and oxygen atoms in total. The SMILES string of the molecule is Cc1cnc2cc(Nc3ncc4c(n3)n(C3CCOCC3)c(=O)n4C)c(C)cc2n1. The van der Waals surface area contributed by atoms with Gasteiger partial charge in [0, 0.05) is 38.2 Å². The van der Waals surface area contributed by atoms with Crippen molar-refractivity contribution >= 4 is 33.8 Å². The maximum atomic E-state index is 12.9. The number of rotatable bonds is 3. The fourth-order valence-electron chi connectivity index (χ4n) is 3.98. The van der Waals surface area contributed by atoms with Gasteiger partial charge < -0.3 is 10.1 Å². The molecule has 1 aromatic carbocycles. The summed E-state index contributed by atoms with van der Waals surface area (Å²) >= 11 is 0. The number of benzene rings is 1. The van der Waals surface area contributed by atoms with Crippen LogP contribution in [0.4, 0.5) is 11.6 Å². The van der Waals surface area contributed by atoms with Gasteiger partial charge in [0.2, 0.25) is 5.95 Å². The Labute approximate surface area is 172 Å². The van der Waals surface area contributed by atoms with E-state index >= 15 is 0 Å². The first kappa shape index (κ1) is 18.7. The van der Waals surface area contributed by atoms with Crippen molar-refractivity contribution in [2.24, 2.45) is 7.05 Å². The van der Waals surface area contributed by atoms with Gasteiger partial charge in [-0.05, 0) is 44.4 Å². The Hall–Kier alpha value is -3.33. The van der Waals surface area contributed by atoms with Crippen LogP contribution in [0.5, 0.6) is 0 Å². The molecule has 0 saturated carbocycles. The molecule has 0 unspecified atom stereocenters. The van der Waals surface area contributed by atoms with Gasteiger partial charge in [-0.15, -0.1) is 0 Å². The minimum absolute atomic E-state index is 0.0733. The molecule has 0 bridgehead atoms. The van der Waals surface area contributed by atoms with Crippen molar-refractivity contribution in [1.82, 2.24) is 29.1 Å². The van der Waals surface area contributed by atoms with E-state index in [4.69, 9.17) is 9.72 Å². The van der Waals surface area contributed by atoms with Crippen LogP contribution in [0.2, 0.25) is 0 Å². The van der Waals surface area contributed by atoms with E-state index in [1.54, 1.807) is 28.6 Å². The minimum Gasteiger partial charge on any atom is -0.381 e. The summed E-state index contributed by atoms with van der Waals surface area (Å²) in [6.45, 7) is 5.24. The highest BCUT2D eigenvalue weighted by Crippen LogP contribution is 2.26. The number of hydrogen-bond donors (Lipinski definition) is 1. The monoisotopic (exact) mass is 405 g/mol. The van der Waals surface area contributed by atoms with Gasteiger partial charge >= 0.3 is 5.69 Å². The van der Waals surface area contributed by atoms with Crippen molar-refractivity contribution in [3.63, 3.8) is 0 Å². The quantitative estimate of drug-likeness (QED) is 0.559. The lowest BCUT2D eigenvalue weighted by Crippen LogP contribution is -2.30. The lowest BCUT2D eigenvalue weighted by atomic mass is 10.1. The average molecular weight is 405 g/mol. The van der Waals surface area contributed by atoms with Crippen LogP contribution in [-0.2, 0) is 11.8 Å². The largest absolute Gasteiger partial charge is 0.381 e. The summed E-state index contributed by atoms with van der Waals surface area (Å²) in [4.78, 5) is 31.0. The van der Waals surface area contributed by atoms with Crippen molar-refractivity contribution in [3.05, 3.63) is 46.3 Å². The highest BCUT2D eigenvalue weighted by molar-refractivity contribution is 5.82. The van der Waals surface area contributed by atoms with E-state index in [1.165, 1.54) is 0 Å². The van der Waals surface area contributed by atoms with Gasteiger partial charge in [-0.3, -0.25) is 14.1 Å². The molecule has 30 heavy (non-hydrogen) atoms. The van der Waals surface area contributed by atoms with Crippen molar-refractivity contribution in [1.29, 1.82) is 0 Å². The first-order valence-electron chi connectivity index (χ1n) is 10.0. The molecule has 1 N–H and O–H groups in total. The standard InChI is InChI=1S/C21H23N7O2/c1-12-8-17-16(22-10-13(2)24-17)9-15(12)25-20-23-11-18-19(26-20)28(21(29)27(18)3)14-4-6-30-7-5-14/h8-11,14H,4-7H2,1-3H3,(H,23,25,26). The summed E-state index contributed by atoms with van der Waals surface area (Å²) in [5, 5.41) is 3.29. The molecule has 3 aromatic heterocycles. The summed E-state index contributed by atoms with van der Waals surface area (Å²) in [7, 11) is 1.76. The third-order valence-corrected chi connectivity index (χ3v) is 5.64. The number of imidazole rings is 1. The molecule has 0 amide bonds. The van der Waals surface area contributed by atoms with E-state index in [9.17, 15) is 4.79 Å². The number of fused-ring (bicyclic) bond motifs is 2. The zero-order valence-corrected chi connectivity index (χ0v) is 17.2. The Bertz CT molecular complexity index is 1320. The van der Waals surface area contributed by atoms with Crippen LogP contribution in [0.15, 0.2) is 29.3 Å². The fourth-order valence-corrected chi connectivity index (χ4v) is 3.98. The Morgan fingerprint density at radius 1 is 1.07 bits per heavy atom. The summed E-state index contributed by atoms with van der Waals surface area (Å²) < 4.78 is 8.85. The number of ether oxygens (including phenoxy) is 1. The summed E-state index contributed by atoms with van der Waals surface area (Å²) in [6, 6.07) is 4.02. The number of nitrogens with one attached hydrogen (secondary N) is 1. The van der Waals surface area contributed by atoms with E-state index in [0.717, 1.165) is 40.8 Å². The molecule has 1 aliphatic rings. The maximum absolute atomic E-state index is 12.9. The topological polar surface area (TPSA) is 99.8 Å². The first-order valence-corrected chi connectivity index (χ1v) is 10.0. The van der Waals surface area contributed by atoms with Crippen LogP contribution in [0.25, 0.3) is 22.2 Å². The molecular weight excluding hydrogens is 382 g/mol. The lowest BCUT2D eigenvalue weighted by Gasteiger charge is -2.22. The van der Waals surface area contributed by atoms with Gasteiger partial charge in [0.1, 0.15) is 5.52 Å². The maximum Gasteiger partial charge on any atom is 0.330 e. The fraction of sp³-hybridized carbons (Fsp3) is 0.381. The van der Waals surface area contributed by atoms with Crippen molar-refractivity contribution < 1.29 is 4.74 Å². The second-order valence-electron chi connectivity index (χ2n) is 7.75. The van der Waals surface area contributed by atoms with Gasteiger partial charge in [0.15, 0.2) is 5.65 Å². The molecule has 0 atom stereocenters. The predicted molar refractivity (Wildman–Crippen MR) is 114 cm³/mol. The molecule has 0 radical (unpaired) electrons. The van der Waals surface area contributed by atoms with Crippen LogP contribution in [0.1, 0.15) is 30.1 Å². The zero-order chi connectivity index (χ0) is 20.8. The Morgan fingerprint density at radius 3 is 2.67 bits per heavy atom. The second-order valence-corrected chi connectivity index (χ2v) is 7.75. The smallest absolute Gasteiger partial charge is 0.330 e. The third-order valence-electron chi connectivity index (χ3n) is 5.64. The van der Waals surface area contributed by atoms with E-state index in [1.807, 2.05) is 26.0 Å². The van der Waals surface area contributed by atoms with E-state index in [-0.39, 0.29) is 11.7 Å². The molecule has 1 saturated heterocycles. The zero-order valence-electron chi connectivity index (χ0n) is 17.2. The highest BCUT2D eigenvalue weighted by Gasteiger charge is 2.23. The highest BCUT2D eigenvalue weighted by atomic mass is 16.5.